The van der Waals surface area contributed by atoms with Gasteiger partial charge in [0, 0.05) is 78.5 Å². The number of ether oxygens (including phenoxy) is 1. The molecule has 0 bridgehead atoms. The summed E-state index contributed by atoms with van der Waals surface area (Å²) in [7, 11) is 0. The number of benzene rings is 1. The van der Waals surface area contributed by atoms with Crippen LogP contribution in [0.25, 0.3) is 33.7 Å². The number of imidazole rings is 1. The van der Waals surface area contributed by atoms with Gasteiger partial charge in [-0.3, -0.25) is 14.3 Å². The summed E-state index contributed by atoms with van der Waals surface area (Å²) in [5.74, 6) is 1.68. The lowest BCUT2D eigenvalue weighted by Crippen LogP contribution is -2.40. The van der Waals surface area contributed by atoms with Crippen LogP contribution in [0.4, 0.5) is 11.6 Å². The number of anilines is 2. The van der Waals surface area contributed by atoms with E-state index in [0.717, 1.165) is 54.0 Å². The summed E-state index contributed by atoms with van der Waals surface area (Å²) >= 11 is -1.06. The fourth-order valence-corrected chi connectivity index (χ4v) is 6.76. The van der Waals surface area contributed by atoms with Crippen LogP contribution >= 0.6 is 0 Å². The molecule has 7 rings (SSSR count). The lowest BCUT2D eigenvalue weighted by atomic mass is 10.0. The first-order valence-corrected chi connectivity index (χ1v) is 16.7. The first-order chi connectivity index (χ1) is 22.0. The Morgan fingerprint density at radius 3 is 2.60 bits per heavy atom. The Kier molecular flexibility index (Phi) is 8.48. The highest BCUT2D eigenvalue weighted by atomic mass is 32.2. The SMILES string of the molecule is C[S+]([O-])N1CCC(n2c(=O)c(-c3nc(-c4ccncc4)c[nH]3)cc3cnc(Nc4ccc(OC5CCCNC5)cc4)nc32)CC1. The van der Waals surface area contributed by atoms with Crippen LogP contribution in [0.15, 0.2) is 72.0 Å². The fraction of sp³-hybridized carbons (Fsp3) is 0.344. The second-order valence-corrected chi connectivity index (χ2v) is 12.8. The Bertz CT molecular complexity index is 1810. The van der Waals surface area contributed by atoms with Crippen molar-refractivity contribution in [3.63, 3.8) is 0 Å². The lowest BCUT2D eigenvalue weighted by Gasteiger charge is -2.32. The summed E-state index contributed by atoms with van der Waals surface area (Å²) < 4.78 is 22.0. The molecule has 0 saturated carbocycles. The largest absolute Gasteiger partial charge is 0.598 e. The van der Waals surface area contributed by atoms with E-state index in [4.69, 9.17) is 14.7 Å². The van der Waals surface area contributed by atoms with Crippen LogP contribution < -0.4 is 20.9 Å². The molecule has 13 heteroatoms. The average molecular weight is 626 g/mol. The molecule has 6 heterocycles. The maximum absolute atomic E-state index is 14.2. The molecule has 2 aliphatic heterocycles. The number of pyridine rings is 2. The van der Waals surface area contributed by atoms with Gasteiger partial charge in [0.25, 0.3) is 5.56 Å². The Labute approximate surface area is 263 Å². The standard InChI is InChI=1S/C32H35N9O3S/c1-45(43)40-15-10-24(11-16-40)41-30-22(17-27(31(41)42)29-35-20-28(38-29)21-8-13-33-14-9-21)18-36-32(39-30)37-23-4-6-25(7-5-23)44-26-3-2-12-34-19-26/h4-9,13-14,17-18,20,24,26,34H,2-3,10-12,15-16,19H2,1H3,(H,35,38)(H,36,37,39). The number of nitrogens with one attached hydrogen (secondary N) is 3. The van der Waals surface area contributed by atoms with E-state index < -0.39 is 11.4 Å². The van der Waals surface area contributed by atoms with E-state index in [2.05, 4.69) is 25.6 Å². The van der Waals surface area contributed by atoms with Gasteiger partial charge in [-0.1, -0.05) is 0 Å². The minimum absolute atomic E-state index is 0.122. The van der Waals surface area contributed by atoms with Crippen molar-refractivity contribution in [2.75, 3.05) is 37.8 Å². The maximum atomic E-state index is 14.2. The Balaban J connectivity index is 1.21. The second kappa shape index (κ2) is 13.0. The van der Waals surface area contributed by atoms with Gasteiger partial charge >= 0.3 is 0 Å². The summed E-state index contributed by atoms with van der Waals surface area (Å²) in [5, 5.41) is 7.39. The zero-order valence-corrected chi connectivity index (χ0v) is 25.8. The van der Waals surface area contributed by atoms with Crippen molar-refractivity contribution in [2.45, 2.75) is 37.8 Å². The van der Waals surface area contributed by atoms with Crippen molar-refractivity contribution < 1.29 is 9.29 Å². The van der Waals surface area contributed by atoms with Crippen molar-refractivity contribution in [1.29, 1.82) is 0 Å². The van der Waals surface area contributed by atoms with Gasteiger partial charge in [0.05, 0.1) is 11.3 Å². The third kappa shape index (κ3) is 6.43. The van der Waals surface area contributed by atoms with E-state index in [0.29, 0.717) is 48.9 Å². The third-order valence-electron chi connectivity index (χ3n) is 8.40. The molecule has 0 aliphatic carbocycles. The van der Waals surface area contributed by atoms with Gasteiger partial charge in [-0.05, 0) is 74.7 Å². The highest BCUT2D eigenvalue weighted by molar-refractivity contribution is 7.88. The van der Waals surface area contributed by atoms with Crippen molar-refractivity contribution in [2.24, 2.45) is 0 Å². The first kappa shape index (κ1) is 29.4. The molecule has 0 spiro atoms. The van der Waals surface area contributed by atoms with Crippen molar-refractivity contribution in [3.05, 3.63) is 77.6 Å². The minimum Gasteiger partial charge on any atom is -0.598 e. The topological polar surface area (TPSA) is 149 Å². The highest BCUT2D eigenvalue weighted by Crippen LogP contribution is 2.29. The lowest BCUT2D eigenvalue weighted by molar-refractivity contribution is 0.167. The molecule has 2 fully saturated rings. The molecule has 2 atom stereocenters. The summed E-state index contributed by atoms with van der Waals surface area (Å²) in [6, 6.07) is 13.2. The normalized spacial score (nSPS) is 18.6. The number of aromatic amines is 1. The van der Waals surface area contributed by atoms with Gasteiger partial charge in [-0.2, -0.15) is 4.98 Å². The molecule has 4 aromatic heterocycles. The maximum Gasteiger partial charge on any atom is 0.263 e. The summed E-state index contributed by atoms with van der Waals surface area (Å²) in [5.41, 5.74) is 3.24. The summed E-state index contributed by atoms with van der Waals surface area (Å²) in [6.07, 6.45) is 12.3. The molecule has 1 aromatic carbocycles. The van der Waals surface area contributed by atoms with E-state index in [9.17, 15) is 9.35 Å². The smallest absolute Gasteiger partial charge is 0.263 e. The van der Waals surface area contributed by atoms with Gasteiger partial charge in [-0.15, -0.1) is 4.31 Å². The van der Waals surface area contributed by atoms with Crippen LogP contribution in [-0.2, 0) is 11.4 Å². The van der Waals surface area contributed by atoms with E-state index in [1.165, 1.54) is 0 Å². The van der Waals surface area contributed by atoms with Gasteiger partial charge < -0.3 is 24.9 Å². The van der Waals surface area contributed by atoms with Crippen LogP contribution in [0.1, 0.15) is 31.7 Å². The minimum atomic E-state index is -1.06. The van der Waals surface area contributed by atoms with E-state index in [-0.39, 0.29) is 17.7 Å². The number of H-pyrrole nitrogens is 1. The third-order valence-corrected chi connectivity index (χ3v) is 9.49. The van der Waals surface area contributed by atoms with Crippen molar-refractivity contribution in [1.82, 2.24) is 39.1 Å². The molecule has 45 heavy (non-hydrogen) atoms. The second-order valence-electron chi connectivity index (χ2n) is 11.4. The van der Waals surface area contributed by atoms with E-state index >= 15 is 0 Å². The summed E-state index contributed by atoms with van der Waals surface area (Å²) in [6.45, 7) is 3.15. The Morgan fingerprint density at radius 2 is 1.87 bits per heavy atom. The number of hydrogen-bond acceptors (Lipinski definition) is 10. The molecular weight excluding hydrogens is 590 g/mol. The van der Waals surface area contributed by atoms with Crippen LogP contribution in [0.2, 0.25) is 0 Å². The van der Waals surface area contributed by atoms with Crippen molar-refractivity contribution >= 4 is 34.0 Å². The molecule has 2 aliphatic rings. The van der Waals surface area contributed by atoms with Gasteiger partial charge in [0.15, 0.2) is 0 Å². The molecule has 232 valence electrons. The predicted molar refractivity (Wildman–Crippen MR) is 175 cm³/mol. The zero-order valence-electron chi connectivity index (χ0n) is 25.0. The van der Waals surface area contributed by atoms with Crippen LogP contribution in [0.3, 0.4) is 0 Å². The molecule has 5 aromatic rings. The zero-order chi connectivity index (χ0) is 30.8. The van der Waals surface area contributed by atoms with Crippen LogP contribution in [-0.4, -0.2) is 76.9 Å². The number of piperidine rings is 2. The number of fused-ring (bicyclic) bond motifs is 1. The molecular formula is C32H35N9O3S. The Morgan fingerprint density at radius 1 is 1.07 bits per heavy atom. The Hall–Kier alpha value is -4.30. The number of hydrogen-bond donors (Lipinski definition) is 3. The monoisotopic (exact) mass is 625 g/mol. The first-order valence-electron chi connectivity index (χ1n) is 15.2. The molecule has 2 unspecified atom stereocenters. The highest BCUT2D eigenvalue weighted by Gasteiger charge is 2.29. The fourth-order valence-electron chi connectivity index (χ4n) is 6.04. The van der Waals surface area contributed by atoms with E-state index in [1.807, 2.05) is 40.7 Å². The molecule has 12 nitrogen and oxygen atoms in total. The van der Waals surface area contributed by atoms with Crippen molar-refractivity contribution in [3.8, 4) is 28.4 Å². The van der Waals surface area contributed by atoms with Gasteiger partial charge in [0.2, 0.25) is 5.95 Å². The van der Waals surface area contributed by atoms with E-state index in [1.54, 1.807) is 41.7 Å². The molecule has 0 radical (unpaired) electrons. The number of aromatic nitrogens is 6. The van der Waals surface area contributed by atoms with Crippen LogP contribution in [0.5, 0.6) is 5.75 Å². The average Bonchev–Trinajstić information content (AvgIpc) is 3.57. The number of nitrogens with zero attached hydrogens (tertiary/aromatic N) is 6. The van der Waals surface area contributed by atoms with Crippen LogP contribution in [0, 0.1) is 0 Å². The van der Waals surface area contributed by atoms with Gasteiger partial charge in [-0.25, -0.2) is 9.97 Å². The summed E-state index contributed by atoms with van der Waals surface area (Å²) in [4.78, 5) is 35.7. The molecule has 0 amide bonds. The van der Waals surface area contributed by atoms with Gasteiger partial charge in [0.1, 0.15) is 29.6 Å². The quantitative estimate of drug-likeness (QED) is 0.216. The number of rotatable bonds is 8. The molecule has 3 N–H and O–H groups in total. The predicted octanol–water partition coefficient (Wildman–Crippen LogP) is 4.05. The molecule has 2 saturated heterocycles.